The lowest BCUT2D eigenvalue weighted by molar-refractivity contribution is 0.00165. The average Bonchev–Trinajstić information content (AvgIpc) is 2.90. The summed E-state index contributed by atoms with van der Waals surface area (Å²) >= 11 is 0. The predicted molar refractivity (Wildman–Crippen MR) is 134 cm³/mol. The Labute approximate surface area is 201 Å². The van der Waals surface area contributed by atoms with E-state index in [9.17, 15) is 4.79 Å². The van der Waals surface area contributed by atoms with Gasteiger partial charge in [-0.3, -0.25) is 4.90 Å². The van der Waals surface area contributed by atoms with E-state index in [4.69, 9.17) is 14.2 Å². The van der Waals surface area contributed by atoms with Gasteiger partial charge in [0.2, 0.25) is 0 Å². The highest BCUT2D eigenvalue weighted by Gasteiger charge is 2.32. The molecule has 0 radical (unpaired) electrons. The Bertz CT molecular complexity index is 1030. The molecule has 0 saturated carbocycles. The van der Waals surface area contributed by atoms with Gasteiger partial charge in [0.15, 0.2) is 0 Å². The van der Waals surface area contributed by atoms with Gasteiger partial charge in [-0.25, -0.2) is 4.79 Å². The van der Waals surface area contributed by atoms with E-state index in [-0.39, 0.29) is 13.2 Å². The van der Waals surface area contributed by atoms with Crippen LogP contribution in [0, 0.1) is 0 Å². The van der Waals surface area contributed by atoms with Crippen molar-refractivity contribution in [3.05, 3.63) is 127 Å². The lowest BCUT2D eigenvalue weighted by Gasteiger charge is -2.35. The summed E-state index contributed by atoms with van der Waals surface area (Å²) in [6, 6.07) is 26.6. The lowest BCUT2D eigenvalue weighted by atomic mass is 9.99. The van der Waals surface area contributed by atoms with Crippen LogP contribution >= 0.6 is 0 Å². The maximum absolute atomic E-state index is 13.3. The molecule has 0 saturated heterocycles. The van der Waals surface area contributed by atoms with Crippen molar-refractivity contribution < 1.29 is 19.0 Å². The second-order valence-corrected chi connectivity index (χ2v) is 7.70. The van der Waals surface area contributed by atoms with Gasteiger partial charge < -0.3 is 14.2 Å². The largest absolute Gasteiger partial charge is 0.497 e. The minimum Gasteiger partial charge on any atom is -0.497 e. The number of hydrogen-bond donors (Lipinski definition) is 0. The third-order valence-electron chi connectivity index (χ3n) is 5.39. The summed E-state index contributed by atoms with van der Waals surface area (Å²) in [5, 5.41) is 0. The van der Waals surface area contributed by atoms with Crippen LogP contribution in [0.25, 0.3) is 0 Å². The van der Waals surface area contributed by atoms with Crippen molar-refractivity contribution in [1.82, 2.24) is 4.90 Å². The summed E-state index contributed by atoms with van der Waals surface area (Å²) in [6.45, 7) is 8.68. The molecule has 2 atom stereocenters. The van der Waals surface area contributed by atoms with E-state index in [1.54, 1.807) is 24.2 Å². The Morgan fingerprint density at radius 2 is 1.47 bits per heavy atom. The first kappa shape index (κ1) is 24.8. The van der Waals surface area contributed by atoms with Crippen LogP contribution in [0.4, 0.5) is 4.79 Å². The van der Waals surface area contributed by atoms with Gasteiger partial charge in [-0.1, -0.05) is 84.9 Å². The molecule has 0 bridgehead atoms. The van der Waals surface area contributed by atoms with Crippen molar-refractivity contribution in [2.75, 3.05) is 13.7 Å². The van der Waals surface area contributed by atoms with Gasteiger partial charge >= 0.3 is 6.09 Å². The molecule has 34 heavy (non-hydrogen) atoms. The fourth-order valence-corrected chi connectivity index (χ4v) is 3.65. The molecule has 0 spiro atoms. The highest BCUT2D eigenvalue weighted by molar-refractivity contribution is 5.69. The Hall–Kier alpha value is -3.83. The van der Waals surface area contributed by atoms with Crippen LogP contribution in [0.2, 0.25) is 0 Å². The SMILES string of the molecule is C=CCN(C(=O)OCc1ccccc1)[C@H](c1ccc(OC)cc1)[C@H](C=C)OCc1ccccc1. The Balaban J connectivity index is 1.88. The van der Waals surface area contributed by atoms with Crippen molar-refractivity contribution >= 4 is 6.09 Å². The molecule has 5 nitrogen and oxygen atoms in total. The molecule has 0 heterocycles. The monoisotopic (exact) mass is 457 g/mol. The highest BCUT2D eigenvalue weighted by Crippen LogP contribution is 2.30. The van der Waals surface area contributed by atoms with Crippen molar-refractivity contribution in [1.29, 1.82) is 0 Å². The zero-order valence-corrected chi connectivity index (χ0v) is 19.5. The summed E-state index contributed by atoms with van der Waals surface area (Å²) in [5.74, 6) is 0.727. The zero-order chi connectivity index (χ0) is 24.2. The molecule has 0 aromatic heterocycles. The molecule has 1 amide bonds. The molecule has 0 aliphatic carbocycles. The van der Waals surface area contributed by atoms with Crippen molar-refractivity contribution in [3.63, 3.8) is 0 Å². The smallest absolute Gasteiger partial charge is 0.411 e. The Morgan fingerprint density at radius 3 is 2.00 bits per heavy atom. The minimum absolute atomic E-state index is 0.173. The van der Waals surface area contributed by atoms with Gasteiger partial charge in [-0.15, -0.1) is 13.2 Å². The number of methoxy groups -OCH3 is 1. The van der Waals surface area contributed by atoms with E-state index < -0.39 is 18.2 Å². The van der Waals surface area contributed by atoms with Gasteiger partial charge in [0.1, 0.15) is 18.5 Å². The first-order chi connectivity index (χ1) is 16.7. The fourth-order valence-electron chi connectivity index (χ4n) is 3.65. The number of carbonyl (C=O) groups excluding carboxylic acids is 1. The predicted octanol–water partition coefficient (Wildman–Crippen LogP) is 6.33. The molecule has 3 rings (SSSR count). The van der Waals surface area contributed by atoms with E-state index in [0.29, 0.717) is 6.61 Å². The van der Waals surface area contributed by atoms with Crippen LogP contribution in [-0.4, -0.2) is 30.8 Å². The molecule has 0 aliphatic heterocycles. The number of rotatable bonds is 12. The first-order valence-electron chi connectivity index (χ1n) is 11.2. The van der Waals surface area contributed by atoms with Gasteiger partial charge in [-0.2, -0.15) is 0 Å². The standard InChI is InChI=1S/C29H31NO4/c1-4-20-30(29(31)34-22-24-14-10-7-11-15-24)28(25-16-18-26(32-3)19-17-25)27(5-2)33-21-23-12-8-6-9-13-23/h4-19,27-28H,1-2,20-22H2,3H3/t27-,28+/m0/s1. The molecule has 0 fully saturated rings. The summed E-state index contributed by atoms with van der Waals surface area (Å²) in [7, 11) is 1.62. The number of nitrogens with zero attached hydrogens (tertiary/aromatic N) is 1. The second kappa shape index (κ2) is 13.0. The maximum atomic E-state index is 13.3. The maximum Gasteiger partial charge on any atom is 0.411 e. The summed E-state index contributed by atoms with van der Waals surface area (Å²) in [4.78, 5) is 14.9. The molecule has 0 aliphatic rings. The van der Waals surface area contributed by atoms with Gasteiger partial charge in [-0.05, 0) is 28.8 Å². The molecular weight excluding hydrogens is 426 g/mol. The van der Waals surface area contributed by atoms with E-state index in [1.165, 1.54) is 0 Å². The number of amides is 1. The van der Waals surface area contributed by atoms with Crippen LogP contribution in [-0.2, 0) is 22.7 Å². The Morgan fingerprint density at radius 1 is 0.882 bits per heavy atom. The summed E-state index contributed by atoms with van der Waals surface area (Å²) in [6.07, 6.45) is 2.45. The molecule has 0 N–H and O–H groups in total. The van der Waals surface area contributed by atoms with Crippen molar-refractivity contribution in [2.45, 2.75) is 25.4 Å². The molecule has 0 unspecified atom stereocenters. The summed E-state index contributed by atoms with van der Waals surface area (Å²) in [5.41, 5.74) is 2.82. The van der Waals surface area contributed by atoms with Crippen LogP contribution in [0.15, 0.2) is 110 Å². The van der Waals surface area contributed by atoms with Gasteiger partial charge in [0.25, 0.3) is 0 Å². The van der Waals surface area contributed by atoms with E-state index in [2.05, 4.69) is 13.2 Å². The topological polar surface area (TPSA) is 48.0 Å². The number of benzene rings is 3. The van der Waals surface area contributed by atoms with Gasteiger partial charge in [0, 0.05) is 6.54 Å². The van der Waals surface area contributed by atoms with E-state index >= 15 is 0 Å². The molecule has 5 heteroatoms. The first-order valence-corrected chi connectivity index (χ1v) is 11.2. The normalized spacial score (nSPS) is 12.3. The zero-order valence-electron chi connectivity index (χ0n) is 19.5. The van der Waals surface area contributed by atoms with E-state index in [1.807, 2.05) is 84.9 Å². The molecule has 3 aromatic carbocycles. The molecular formula is C29H31NO4. The molecule has 3 aromatic rings. The van der Waals surface area contributed by atoms with Crippen molar-refractivity contribution in [3.8, 4) is 5.75 Å². The fraction of sp³-hybridized carbons (Fsp3) is 0.207. The number of carbonyl (C=O) groups is 1. The van der Waals surface area contributed by atoms with E-state index in [0.717, 1.165) is 22.4 Å². The third-order valence-corrected chi connectivity index (χ3v) is 5.39. The Kier molecular flexibility index (Phi) is 9.50. The third kappa shape index (κ3) is 6.83. The van der Waals surface area contributed by atoms with Crippen LogP contribution in [0.5, 0.6) is 5.75 Å². The average molecular weight is 458 g/mol. The quantitative estimate of drug-likeness (QED) is 0.298. The van der Waals surface area contributed by atoms with Gasteiger partial charge in [0.05, 0.1) is 19.8 Å². The van der Waals surface area contributed by atoms with Crippen LogP contribution in [0.1, 0.15) is 22.7 Å². The molecule has 176 valence electrons. The highest BCUT2D eigenvalue weighted by atomic mass is 16.6. The summed E-state index contributed by atoms with van der Waals surface area (Å²) < 4.78 is 17.2. The number of ether oxygens (including phenoxy) is 3. The lowest BCUT2D eigenvalue weighted by Crippen LogP contribution is -2.41. The minimum atomic E-state index is -0.488. The van der Waals surface area contributed by atoms with Crippen molar-refractivity contribution in [2.24, 2.45) is 0 Å². The number of hydrogen-bond acceptors (Lipinski definition) is 4. The van der Waals surface area contributed by atoms with Crippen LogP contribution < -0.4 is 4.74 Å². The second-order valence-electron chi connectivity index (χ2n) is 7.70. The van der Waals surface area contributed by atoms with Crippen LogP contribution in [0.3, 0.4) is 0 Å².